The highest BCUT2D eigenvalue weighted by molar-refractivity contribution is 7.92. The zero-order chi connectivity index (χ0) is 30.4. The molecule has 1 unspecified atom stereocenters. The minimum atomic E-state index is -4.21. The number of carbonyl (C=O) groups excluding carboxylic acids is 2. The molecule has 1 fully saturated rings. The molecule has 0 saturated heterocycles. The van der Waals surface area contributed by atoms with Crippen LogP contribution in [-0.4, -0.2) is 43.8 Å². The molecule has 4 rings (SSSR count). The van der Waals surface area contributed by atoms with Crippen molar-refractivity contribution in [3.05, 3.63) is 92.9 Å². The molecule has 11 heteroatoms. The Morgan fingerprint density at radius 1 is 0.905 bits per heavy atom. The molecule has 1 aliphatic carbocycles. The second-order valence-corrected chi connectivity index (χ2v) is 13.4. The van der Waals surface area contributed by atoms with Crippen molar-refractivity contribution in [3.8, 4) is 0 Å². The molecule has 224 valence electrons. The molecule has 42 heavy (non-hydrogen) atoms. The summed E-state index contributed by atoms with van der Waals surface area (Å²) in [6.07, 6.45) is 4.12. The summed E-state index contributed by atoms with van der Waals surface area (Å²) in [5, 5.41) is 4.12. The first-order valence-electron chi connectivity index (χ1n) is 13.9. The Morgan fingerprint density at radius 3 is 2.12 bits per heavy atom. The van der Waals surface area contributed by atoms with Crippen LogP contribution in [0.2, 0.25) is 15.1 Å². The first kappa shape index (κ1) is 32.1. The van der Waals surface area contributed by atoms with Gasteiger partial charge in [0.2, 0.25) is 11.8 Å². The fourth-order valence-corrected chi connectivity index (χ4v) is 7.42. The Balaban J connectivity index is 1.77. The van der Waals surface area contributed by atoms with E-state index in [9.17, 15) is 18.0 Å². The van der Waals surface area contributed by atoms with E-state index in [1.807, 2.05) is 6.92 Å². The van der Waals surface area contributed by atoms with Gasteiger partial charge in [0.25, 0.3) is 10.0 Å². The molecule has 0 bridgehead atoms. The van der Waals surface area contributed by atoms with E-state index in [-0.39, 0.29) is 29.1 Å². The van der Waals surface area contributed by atoms with Gasteiger partial charge in [-0.1, -0.05) is 84.9 Å². The van der Waals surface area contributed by atoms with Crippen LogP contribution in [0.1, 0.15) is 50.2 Å². The monoisotopic (exact) mass is 649 g/mol. The molecule has 0 radical (unpaired) electrons. The summed E-state index contributed by atoms with van der Waals surface area (Å²) in [6.45, 7) is 2.85. The Bertz CT molecular complexity index is 1510. The predicted octanol–water partition coefficient (Wildman–Crippen LogP) is 7.02. The number of benzene rings is 3. The van der Waals surface area contributed by atoms with Gasteiger partial charge in [-0.2, -0.15) is 0 Å². The highest BCUT2D eigenvalue weighted by atomic mass is 35.5. The second kappa shape index (κ2) is 14.1. The molecule has 1 saturated carbocycles. The van der Waals surface area contributed by atoms with Gasteiger partial charge in [0.1, 0.15) is 12.6 Å². The van der Waals surface area contributed by atoms with Crippen LogP contribution < -0.4 is 9.62 Å². The molecule has 7 nitrogen and oxygen atoms in total. The Morgan fingerprint density at radius 2 is 1.50 bits per heavy atom. The summed E-state index contributed by atoms with van der Waals surface area (Å²) in [6, 6.07) is 16.9. The molecule has 3 aromatic carbocycles. The third-order valence-corrected chi connectivity index (χ3v) is 10.5. The minimum Gasteiger partial charge on any atom is -0.352 e. The number of anilines is 1. The summed E-state index contributed by atoms with van der Waals surface area (Å²) in [5.41, 5.74) is 1.23. The summed E-state index contributed by atoms with van der Waals surface area (Å²) in [4.78, 5) is 29.3. The van der Waals surface area contributed by atoms with Gasteiger partial charge in [0.15, 0.2) is 0 Å². The maximum absolute atomic E-state index is 14.3. The first-order valence-corrected chi connectivity index (χ1v) is 16.5. The topological polar surface area (TPSA) is 86.8 Å². The maximum Gasteiger partial charge on any atom is 0.264 e. The lowest BCUT2D eigenvalue weighted by atomic mass is 10.1. The molecule has 1 atom stereocenters. The molecule has 0 aliphatic heterocycles. The zero-order valence-electron chi connectivity index (χ0n) is 23.5. The van der Waals surface area contributed by atoms with E-state index >= 15 is 0 Å². The number of hydrogen-bond acceptors (Lipinski definition) is 4. The lowest BCUT2D eigenvalue weighted by Crippen LogP contribution is -2.53. The molecule has 1 aliphatic rings. The molecule has 0 aromatic heterocycles. The quantitative estimate of drug-likeness (QED) is 0.242. The van der Waals surface area contributed by atoms with Gasteiger partial charge in [0.05, 0.1) is 10.6 Å². The van der Waals surface area contributed by atoms with Crippen LogP contribution in [0.4, 0.5) is 5.69 Å². The second-order valence-electron chi connectivity index (χ2n) is 10.3. The van der Waals surface area contributed by atoms with Gasteiger partial charge in [0, 0.05) is 33.2 Å². The molecule has 0 spiro atoms. The Labute approximate surface area is 262 Å². The lowest BCUT2D eigenvalue weighted by molar-refractivity contribution is -0.140. The third-order valence-electron chi connectivity index (χ3n) is 7.60. The average Bonchev–Trinajstić information content (AvgIpc) is 3.48. The normalized spacial score (nSPS) is 14.4. The van der Waals surface area contributed by atoms with E-state index in [1.165, 1.54) is 17.0 Å². The fraction of sp³-hybridized carbons (Fsp3) is 0.355. The van der Waals surface area contributed by atoms with Crippen molar-refractivity contribution in [2.24, 2.45) is 0 Å². The molecule has 0 heterocycles. The van der Waals surface area contributed by atoms with Gasteiger partial charge in [-0.05, 0) is 68.1 Å². The number of sulfonamides is 1. The maximum atomic E-state index is 14.3. The summed E-state index contributed by atoms with van der Waals surface area (Å²) < 4.78 is 29.1. The van der Waals surface area contributed by atoms with Crippen LogP contribution in [-0.2, 0) is 26.2 Å². The summed E-state index contributed by atoms with van der Waals surface area (Å²) >= 11 is 19.4. The van der Waals surface area contributed by atoms with Crippen molar-refractivity contribution >= 4 is 62.3 Å². The number of nitrogens with zero attached hydrogens (tertiary/aromatic N) is 2. The number of hydrogen-bond donors (Lipinski definition) is 1. The van der Waals surface area contributed by atoms with Crippen molar-refractivity contribution in [1.82, 2.24) is 10.2 Å². The Kier molecular flexibility index (Phi) is 10.8. The number of rotatable bonds is 11. The minimum absolute atomic E-state index is 0.0175. The van der Waals surface area contributed by atoms with E-state index in [0.717, 1.165) is 30.0 Å². The SMILES string of the molecule is CCC(C(=O)NC1CCCC1)N(Cc1c(Cl)cccc1Cl)C(=O)CN(c1cccc(Cl)c1C)S(=O)(=O)c1ccccc1. The smallest absolute Gasteiger partial charge is 0.264 e. The molecule has 1 N–H and O–H groups in total. The highest BCUT2D eigenvalue weighted by Crippen LogP contribution is 2.32. The number of carbonyl (C=O) groups is 2. The number of halogens is 3. The van der Waals surface area contributed by atoms with Gasteiger partial charge in [-0.25, -0.2) is 8.42 Å². The van der Waals surface area contributed by atoms with Crippen LogP contribution in [0.25, 0.3) is 0 Å². The van der Waals surface area contributed by atoms with Gasteiger partial charge in [-0.15, -0.1) is 0 Å². The van der Waals surface area contributed by atoms with E-state index in [4.69, 9.17) is 34.8 Å². The van der Waals surface area contributed by atoms with E-state index in [2.05, 4.69) is 5.32 Å². The van der Waals surface area contributed by atoms with Gasteiger partial charge in [-0.3, -0.25) is 13.9 Å². The van der Waals surface area contributed by atoms with E-state index < -0.39 is 28.5 Å². The number of amides is 2. The third kappa shape index (κ3) is 7.22. The van der Waals surface area contributed by atoms with Crippen molar-refractivity contribution in [1.29, 1.82) is 0 Å². The van der Waals surface area contributed by atoms with Crippen molar-refractivity contribution < 1.29 is 18.0 Å². The summed E-state index contributed by atoms with van der Waals surface area (Å²) in [5.74, 6) is -0.879. The van der Waals surface area contributed by atoms with Gasteiger partial charge < -0.3 is 10.2 Å². The molecular formula is C31H34Cl3N3O4S. The summed E-state index contributed by atoms with van der Waals surface area (Å²) in [7, 11) is -4.21. The van der Waals surface area contributed by atoms with Crippen molar-refractivity contribution in [2.45, 2.75) is 69.5 Å². The molecule has 3 aromatic rings. The van der Waals surface area contributed by atoms with Crippen molar-refractivity contribution in [3.63, 3.8) is 0 Å². The average molecular weight is 651 g/mol. The molecule has 2 amide bonds. The lowest BCUT2D eigenvalue weighted by Gasteiger charge is -2.34. The standard InChI is InChI=1S/C31H34Cl3N3O4S/c1-3-28(31(39)35-22-11-7-8-12-22)36(19-24-26(33)16-9-17-27(24)34)30(38)20-37(29-18-10-15-25(32)21(29)2)42(40,41)23-13-5-4-6-14-23/h4-6,9-10,13-18,22,28H,3,7-8,11-12,19-20H2,1-2H3,(H,35,39). The predicted molar refractivity (Wildman–Crippen MR) is 169 cm³/mol. The largest absolute Gasteiger partial charge is 0.352 e. The molecular weight excluding hydrogens is 617 g/mol. The van der Waals surface area contributed by atoms with E-state index in [0.29, 0.717) is 32.6 Å². The van der Waals surface area contributed by atoms with Crippen LogP contribution in [0.15, 0.2) is 71.6 Å². The van der Waals surface area contributed by atoms with Crippen LogP contribution in [0, 0.1) is 6.92 Å². The first-order chi connectivity index (χ1) is 20.0. The van der Waals surface area contributed by atoms with Gasteiger partial charge >= 0.3 is 0 Å². The fourth-order valence-electron chi connectivity index (χ4n) is 5.24. The van der Waals surface area contributed by atoms with Crippen LogP contribution in [0.3, 0.4) is 0 Å². The number of nitrogens with one attached hydrogen (secondary N) is 1. The zero-order valence-corrected chi connectivity index (χ0v) is 26.6. The van der Waals surface area contributed by atoms with Crippen LogP contribution >= 0.6 is 34.8 Å². The highest BCUT2D eigenvalue weighted by Gasteiger charge is 2.35. The Hall–Kier alpha value is -2.78. The van der Waals surface area contributed by atoms with Crippen molar-refractivity contribution in [2.75, 3.05) is 10.8 Å². The van der Waals surface area contributed by atoms with Crippen LogP contribution in [0.5, 0.6) is 0 Å². The van der Waals surface area contributed by atoms with E-state index in [1.54, 1.807) is 61.5 Å².